The molecule has 0 bridgehead atoms. The van der Waals surface area contributed by atoms with Crippen LogP contribution >= 0.6 is 22.2 Å². The number of benzene rings is 3. The third kappa shape index (κ3) is 6.69. The van der Waals surface area contributed by atoms with Gasteiger partial charge in [0.25, 0.3) is 0 Å². The Morgan fingerprint density at radius 2 is 0.744 bits per heavy atom. The van der Waals surface area contributed by atoms with Crippen LogP contribution in [0.4, 0.5) is 0 Å². The van der Waals surface area contributed by atoms with Crippen LogP contribution in [0.15, 0.2) is 42.5 Å². The maximum atomic E-state index is 7.07. The molecule has 0 unspecified atom stereocenters. The maximum absolute atomic E-state index is 7.07. The van der Waals surface area contributed by atoms with Gasteiger partial charge in [0, 0.05) is 0 Å². The predicted molar refractivity (Wildman–Crippen MR) is 179 cm³/mol. The van der Waals surface area contributed by atoms with Gasteiger partial charge in [-0.15, -0.1) is 22.2 Å². The molecule has 0 aromatic heterocycles. The van der Waals surface area contributed by atoms with Gasteiger partial charge in [-0.2, -0.15) is 0 Å². The highest BCUT2D eigenvalue weighted by Crippen LogP contribution is 2.43. The highest BCUT2D eigenvalue weighted by Gasteiger charge is 2.28. The number of hydrogen-bond donors (Lipinski definition) is 0. The van der Waals surface area contributed by atoms with E-state index >= 15 is 0 Å². The summed E-state index contributed by atoms with van der Waals surface area (Å²) in [5.41, 5.74) is 13.5. The van der Waals surface area contributed by atoms with Crippen molar-refractivity contribution in [3.8, 4) is 22.3 Å². The summed E-state index contributed by atoms with van der Waals surface area (Å²) in [6.45, 7) is 27.6. The van der Waals surface area contributed by atoms with Crippen molar-refractivity contribution in [2.75, 3.05) is 0 Å². The van der Waals surface area contributed by atoms with Crippen molar-refractivity contribution in [3.63, 3.8) is 0 Å². The van der Waals surface area contributed by atoms with Crippen molar-refractivity contribution in [1.29, 1.82) is 0 Å². The summed E-state index contributed by atoms with van der Waals surface area (Å²) in [6.07, 6.45) is 0. The summed E-state index contributed by atoms with van der Waals surface area (Å²) in [5.74, 6) is 2.49. The van der Waals surface area contributed by atoms with Crippen LogP contribution in [-0.4, -0.2) is 7.42 Å². The lowest BCUT2D eigenvalue weighted by Gasteiger charge is -2.28. The van der Waals surface area contributed by atoms with Crippen LogP contribution < -0.4 is 5.19 Å². The molecule has 3 rings (SSSR count). The van der Waals surface area contributed by atoms with Gasteiger partial charge < -0.3 is 0 Å². The molecule has 1 radical (unpaired) electrons. The van der Waals surface area contributed by atoms with Crippen molar-refractivity contribution in [1.82, 2.24) is 0 Å². The van der Waals surface area contributed by atoms with E-state index in [1.54, 1.807) is 0 Å². The third-order valence-electron chi connectivity index (χ3n) is 8.06. The van der Waals surface area contributed by atoms with Crippen LogP contribution in [0.5, 0.6) is 0 Å². The fourth-order valence-corrected chi connectivity index (χ4v) is 7.75. The maximum Gasteiger partial charge on any atom is 0.308 e. The molecule has 0 heterocycles. The Hall–Kier alpha value is -1.54. The summed E-state index contributed by atoms with van der Waals surface area (Å²) in [7, 11) is -1.84. The summed E-state index contributed by atoms with van der Waals surface area (Å²) in [6, 6.07) is 16.5. The number of hydrogen-bond acceptors (Lipinski definition) is 0. The van der Waals surface area contributed by atoms with E-state index in [0.29, 0.717) is 35.5 Å². The first-order valence-corrected chi connectivity index (χ1v) is 18.4. The van der Waals surface area contributed by atoms with Crippen molar-refractivity contribution in [2.24, 2.45) is 0 Å². The van der Waals surface area contributed by atoms with E-state index in [1.165, 1.54) is 55.6 Å². The number of rotatable bonds is 9. The molecule has 0 amide bonds. The van der Waals surface area contributed by atoms with Gasteiger partial charge in [-0.25, -0.2) is 0 Å². The Morgan fingerprint density at radius 3 is 0.949 bits per heavy atom. The van der Waals surface area contributed by atoms with Crippen molar-refractivity contribution in [2.45, 2.75) is 119 Å². The molecule has 0 N–H and O–H groups in total. The molecule has 0 fully saturated rings. The second-order valence-corrected chi connectivity index (χ2v) is 16.9. The van der Waals surface area contributed by atoms with Crippen LogP contribution in [0.25, 0.3) is 22.3 Å². The molecule has 0 aliphatic heterocycles. The second-order valence-electron chi connectivity index (χ2n) is 13.1. The van der Waals surface area contributed by atoms with Gasteiger partial charge in [-0.05, 0) is 96.3 Å². The zero-order chi connectivity index (χ0) is 29.3. The fraction of sp³-hybridized carbons (Fsp3) is 0.500. The predicted octanol–water partition coefficient (Wildman–Crippen LogP) is 11.9. The van der Waals surface area contributed by atoms with Gasteiger partial charge in [-0.1, -0.05) is 126 Å². The molecule has 0 nitrogen and oxygen atoms in total. The standard InChI is InChI=1S/C36H49Cl2Si/c1-20(2)26-16-30(22(5)6)34(31(17-26)23(7)8)28-14-13-15-29(36(28)39(37)38)35-32(24(9)10)18-27(21(3)4)19-33(35)25(11)12/h13-25H,1-12H3. The Kier molecular flexibility index (Phi) is 10.6. The normalized spacial score (nSPS) is 12.4. The van der Waals surface area contributed by atoms with Gasteiger partial charge in [0.2, 0.25) is 0 Å². The molecule has 39 heavy (non-hydrogen) atoms. The molecule has 0 spiro atoms. The van der Waals surface area contributed by atoms with Gasteiger partial charge in [0.15, 0.2) is 0 Å². The van der Waals surface area contributed by atoms with Crippen LogP contribution in [0.2, 0.25) is 0 Å². The third-order valence-corrected chi connectivity index (χ3v) is 10.1. The second kappa shape index (κ2) is 13.0. The summed E-state index contributed by atoms with van der Waals surface area (Å²) >= 11 is 14.1. The average molecular weight is 581 g/mol. The highest BCUT2D eigenvalue weighted by molar-refractivity contribution is 7.40. The molecule has 0 aliphatic carbocycles. The van der Waals surface area contributed by atoms with Crippen LogP contribution in [-0.2, 0) is 0 Å². The molecule has 0 aliphatic rings. The van der Waals surface area contributed by atoms with Gasteiger partial charge in [0.1, 0.15) is 0 Å². The molecular weight excluding hydrogens is 531 g/mol. The van der Waals surface area contributed by atoms with E-state index in [1.807, 2.05) is 0 Å². The Morgan fingerprint density at radius 1 is 0.462 bits per heavy atom. The van der Waals surface area contributed by atoms with Crippen molar-refractivity contribution in [3.05, 3.63) is 75.8 Å². The smallest absolute Gasteiger partial charge is 0.140 e. The SMILES string of the molecule is CC(C)c1cc(C(C)C)c(-c2cccc(-c3c(C(C)C)cc(C(C)C)cc3C(C)C)c2[Si](Cl)Cl)c(C(C)C)c1. The molecule has 3 aromatic rings. The van der Waals surface area contributed by atoms with Crippen molar-refractivity contribution >= 4 is 34.8 Å². The molecule has 0 saturated carbocycles. The van der Waals surface area contributed by atoms with E-state index < -0.39 is 7.42 Å². The van der Waals surface area contributed by atoms with Crippen molar-refractivity contribution < 1.29 is 0 Å². The van der Waals surface area contributed by atoms with Crippen LogP contribution in [0, 0.1) is 0 Å². The van der Waals surface area contributed by atoms with E-state index in [-0.39, 0.29) is 0 Å². The van der Waals surface area contributed by atoms with Gasteiger partial charge in [-0.3, -0.25) is 0 Å². The minimum Gasteiger partial charge on any atom is -0.140 e. The van der Waals surface area contributed by atoms with E-state index in [0.717, 1.165) is 5.19 Å². The largest absolute Gasteiger partial charge is 0.308 e. The number of halogens is 2. The quantitative estimate of drug-likeness (QED) is 0.174. The van der Waals surface area contributed by atoms with Gasteiger partial charge >= 0.3 is 7.42 Å². The minimum absolute atomic E-state index is 0.386. The summed E-state index contributed by atoms with van der Waals surface area (Å²) in [4.78, 5) is 0. The van der Waals surface area contributed by atoms with Gasteiger partial charge in [0.05, 0.1) is 0 Å². The molecular formula is C36H49Cl2Si. The molecule has 0 atom stereocenters. The molecule has 211 valence electrons. The zero-order valence-corrected chi connectivity index (χ0v) is 28.8. The molecule has 3 aromatic carbocycles. The molecule has 0 saturated heterocycles. The lowest BCUT2D eigenvalue weighted by molar-refractivity contribution is 0.807. The lowest BCUT2D eigenvalue weighted by atomic mass is 9.79. The summed E-state index contributed by atoms with van der Waals surface area (Å²) < 4.78 is 0. The monoisotopic (exact) mass is 579 g/mol. The van der Waals surface area contributed by atoms with E-state index in [9.17, 15) is 0 Å². The summed E-state index contributed by atoms with van der Waals surface area (Å²) in [5, 5.41) is 1.13. The van der Waals surface area contributed by atoms with Crippen LogP contribution in [0.1, 0.15) is 152 Å². The highest BCUT2D eigenvalue weighted by atomic mass is 35.7. The van der Waals surface area contributed by atoms with E-state index in [4.69, 9.17) is 22.2 Å². The first-order valence-electron chi connectivity index (χ1n) is 14.8. The van der Waals surface area contributed by atoms with Crippen LogP contribution in [0.3, 0.4) is 0 Å². The van der Waals surface area contributed by atoms with E-state index in [2.05, 4.69) is 126 Å². The molecule has 3 heteroatoms. The topological polar surface area (TPSA) is 0 Å². The minimum atomic E-state index is -1.84. The first-order chi connectivity index (χ1) is 18.2. The first kappa shape index (κ1) is 32.0. The Balaban J connectivity index is 2.54. The zero-order valence-electron chi connectivity index (χ0n) is 26.3. The average Bonchev–Trinajstić information content (AvgIpc) is 2.86. The Bertz CT molecular complexity index is 1140. The fourth-order valence-electron chi connectivity index (χ4n) is 5.71. The Labute approximate surface area is 250 Å². The lowest BCUT2D eigenvalue weighted by Crippen LogP contribution is -2.26.